The predicted molar refractivity (Wildman–Crippen MR) is 113 cm³/mol. The highest BCUT2D eigenvalue weighted by atomic mass is 35.5. The van der Waals surface area contributed by atoms with Crippen molar-refractivity contribution in [1.29, 1.82) is 0 Å². The molecule has 0 aliphatic carbocycles. The number of hydrogen-bond donors (Lipinski definition) is 1. The van der Waals surface area contributed by atoms with Gasteiger partial charge < -0.3 is 15.1 Å². The smallest absolute Gasteiger partial charge is 0.321 e. The molecule has 1 fully saturated rings. The number of piperazine rings is 1. The SMILES string of the molecule is O=C(Nc1ccccc1)N1CCN(c2nc(Cc3ccc(Cl)cc3)ns2)CC1. The normalized spacial score (nSPS) is 14.2. The lowest BCUT2D eigenvalue weighted by Gasteiger charge is -2.34. The lowest BCUT2D eigenvalue weighted by Crippen LogP contribution is -2.50. The minimum Gasteiger partial charge on any atom is -0.343 e. The average molecular weight is 414 g/mol. The van der Waals surface area contributed by atoms with Gasteiger partial charge in [0.2, 0.25) is 5.13 Å². The zero-order chi connectivity index (χ0) is 19.3. The van der Waals surface area contributed by atoms with E-state index < -0.39 is 0 Å². The predicted octanol–water partition coefficient (Wildman–Crippen LogP) is 4.14. The van der Waals surface area contributed by atoms with E-state index in [0.717, 1.165) is 40.3 Å². The van der Waals surface area contributed by atoms with Crippen molar-refractivity contribution < 1.29 is 4.79 Å². The van der Waals surface area contributed by atoms with E-state index in [-0.39, 0.29) is 6.03 Å². The lowest BCUT2D eigenvalue weighted by molar-refractivity contribution is 0.208. The molecule has 0 spiro atoms. The van der Waals surface area contributed by atoms with Gasteiger partial charge in [-0.05, 0) is 29.8 Å². The number of carbonyl (C=O) groups is 1. The number of nitrogens with one attached hydrogen (secondary N) is 1. The Morgan fingerprint density at radius 1 is 1.04 bits per heavy atom. The van der Waals surface area contributed by atoms with E-state index in [4.69, 9.17) is 11.6 Å². The summed E-state index contributed by atoms with van der Waals surface area (Å²) < 4.78 is 4.48. The summed E-state index contributed by atoms with van der Waals surface area (Å²) in [6, 6.07) is 17.2. The molecular weight excluding hydrogens is 394 g/mol. The molecule has 2 aromatic carbocycles. The fraction of sp³-hybridized carbons (Fsp3) is 0.250. The number of amides is 2. The fourth-order valence-electron chi connectivity index (χ4n) is 3.05. The maximum Gasteiger partial charge on any atom is 0.321 e. The molecule has 1 aliphatic heterocycles. The number of halogens is 1. The molecule has 1 saturated heterocycles. The number of aromatic nitrogens is 2. The zero-order valence-electron chi connectivity index (χ0n) is 15.2. The number of anilines is 2. The van der Waals surface area contributed by atoms with Gasteiger partial charge in [-0.15, -0.1) is 0 Å². The maximum atomic E-state index is 12.4. The van der Waals surface area contributed by atoms with Crippen LogP contribution < -0.4 is 10.2 Å². The average Bonchev–Trinajstić information content (AvgIpc) is 3.19. The number of rotatable bonds is 4. The van der Waals surface area contributed by atoms with Crippen LogP contribution in [-0.4, -0.2) is 46.5 Å². The molecule has 3 aromatic rings. The summed E-state index contributed by atoms with van der Waals surface area (Å²) in [5.41, 5.74) is 1.95. The second-order valence-electron chi connectivity index (χ2n) is 6.57. The molecule has 0 unspecified atom stereocenters. The summed E-state index contributed by atoms with van der Waals surface area (Å²) in [4.78, 5) is 21.1. The van der Waals surface area contributed by atoms with E-state index in [1.807, 2.05) is 59.5 Å². The Bertz CT molecular complexity index is 923. The summed E-state index contributed by atoms with van der Waals surface area (Å²) in [6.45, 7) is 2.81. The number of benzene rings is 2. The summed E-state index contributed by atoms with van der Waals surface area (Å²) >= 11 is 7.34. The molecule has 4 rings (SSSR count). The molecule has 2 amide bonds. The number of carbonyl (C=O) groups excluding carboxylic acids is 1. The molecule has 144 valence electrons. The van der Waals surface area contributed by atoms with E-state index in [2.05, 4.69) is 19.6 Å². The molecule has 6 nitrogen and oxygen atoms in total. The fourth-order valence-corrected chi connectivity index (χ4v) is 3.92. The number of para-hydroxylation sites is 1. The first-order chi connectivity index (χ1) is 13.7. The summed E-state index contributed by atoms with van der Waals surface area (Å²) in [5.74, 6) is 0.812. The molecule has 1 N–H and O–H groups in total. The van der Waals surface area contributed by atoms with Gasteiger partial charge in [0.05, 0.1) is 0 Å². The molecule has 0 saturated carbocycles. The Morgan fingerprint density at radius 3 is 2.46 bits per heavy atom. The largest absolute Gasteiger partial charge is 0.343 e. The van der Waals surface area contributed by atoms with Gasteiger partial charge in [0.1, 0.15) is 5.82 Å². The summed E-state index contributed by atoms with van der Waals surface area (Å²) in [7, 11) is 0. The van der Waals surface area contributed by atoms with Crippen molar-refractivity contribution >= 4 is 40.0 Å². The van der Waals surface area contributed by atoms with Gasteiger partial charge in [-0.1, -0.05) is 41.9 Å². The van der Waals surface area contributed by atoms with Gasteiger partial charge in [0, 0.05) is 54.8 Å². The van der Waals surface area contributed by atoms with Gasteiger partial charge in [-0.2, -0.15) is 4.37 Å². The van der Waals surface area contributed by atoms with Crippen LogP contribution in [0.5, 0.6) is 0 Å². The Hall–Kier alpha value is -2.64. The van der Waals surface area contributed by atoms with E-state index >= 15 is 0 Å². The van der Waals surface area contributed by atoms with Gasteiger partial charge >= 0.3 is 6.03 Å². The van der Waals surface area contributed by atoms with Crippen molar-refractivity contribution in [3.63, 3.8) is 0 Å². The van der Waals surface area contributed by atoms with E-state index in [0.29, 0.717) is 19.5 Å². The Kier molecular flexibility index (Phi) is 5.73. The third-order valence-corrected chi connectivity index (χ3v) is 5.66. The number of urea groups is 1. The van der Waals surface area contributed by atoms with Crippen LogP contribution >= 0.6 is 23.1 Å². The summed E-state index contributed by atoms with van der Waals surface area (Å²) in [5, 5.41) is 4.57. The number of nitrogens with zero attached hydrogens (tertiary/aromatic N) is 4. The molecule has 0 atom stereocenters. The van der Waals surface area contributed by atoms with Crippen LogP contribution in [0.25, 0.3) is 0 Å². The van der Waals surface area contributed by atoms with Crippen molar-refractivity contribution in [2.75, 3.05) is 36.4 Å². The van der Waals surface area contributed by atoms with Gasteiger partial charge in [0.25, 0.3) is 0 Å². The monoisotopic (exact) mass is 413 g/mol. The third kappa shape index (κ3) is 4.61. The molecule has 28 heavy (non-hydrogen) atoms. The molecule has 2 heterocycles. The van der Waals surface area contributed by atoms with E-state index in [1.54, 1.807) is 0 Å². The van der Waals surface area contributed by atoms with Crippen LogP contribution in [0, 0.1) is 0 Å². The minimum atomic E-state index is -0.0634. The second-order valence-corrected chi connectivity index (χ2v) is 7.73. The van der Waals surface area contributed by atoms with E-state index in [1.165, 1.54) is 11.5 Å². The quantitative estimate of drug-likeness (QED) is 0.698. The van der Waals surface area contributed by atoms with E-state index in [9.17, 15) is 4.79 Å². The number of hydrogen-bond acceptors (Lipinski definition) is 5. The minimum absolute atomic E-state index is 0.0634. The molecule has 0 bridgehead atoms. The van der Waals surface area contributed by atoms with Crippen LogP contribution in [0.3, 0.4) is 0 Å². The Balaban J connectivity index is 1.31. The Labute approximate surface area is 172 Å². The summed E-state index contributed by atoms with van der Waals surface area (Å²) in [6.07, 6.45) is 0.688. The van der Waals surface area contributed by atoms with Crippen LogP contribution in [0.1, 0.15) is 11.4 Å². The first-order valence-corrected chi connectivity index (χ1v) is 10.3. The molecular formula is C20H20ClN5OS. The highest BCUT2D eigenvalue weighted by molar-refractivity contribution is 7.09. The molecule has 0 radical (unpaired) electrons. The second kappa shape index (κ2) is 8.58. The van der Waals surface area contributed by atoms with Gasteiger partial charge in [-0.25, -0.2) is 9.78 Å². The van der Waals surface area contributed by atoms with Gasteiger partial charge in [-0.3, -0.25) is 0 Å². The third-order valence-electron chi connectivity index (χ3n) is 4.60. The lowest BCUT2D eigenvalue weighted by atomic mass is 10.1. The van der Waals surface area contributed by atoms with Crippen molar-refractivity contribution in [1.82, 2.24) is 14.3 Å². The van der Waals surface area contributed by atoms with Crippen LogP contribution in [0.4, 0.5) is 15.6 Å². The van der Waals surface area contributed by atoms with Crippen LogP contribution in [0.15, 0.2) is 54.6 Å². The highest BCUT2D eigenvalue weighted by Crippen LogP contribution is 2.21. The first-order valence-electron chi connectivity index (χ1n) is 9.10. The zero-order valence-corrected chi connectivity index (χ0v) is 16.8. The van der Waals surface area contributed by atoms with Crippen molar-refractivity contribution in [2.45, 2.75) is 6.42 Å². The maximum absolute atomic E-state index is 12.4. The molecule has 1 aliphatic rings. The van der Waals surface area contributed by atoms with Crippen LogP contribution in [0.2, 0.25) is 5.02 Å². The first kappa shape index (κ1) is 18.7. The van der Waals surface area contributed by atoms with Crippen LogP contribution in [-0.2, 0) is 6.42 Å². The van der Waals surface area contributed by atoms with Gasteiger partial charge in [0.15, 0.2) is 0 Å². The van der Waals surface area contributed by atoms with Crippen molar-refractivity contribution in [2.24, 2.45) is 0 Å². The van der Waals surface area contributed by atoms with Crippen molar-refractivity contribution in [3.05, 3.63) is 71.0 Å². The standard InChI is InChI=1S/C20H20ClN5OS/c21-16-8-6-15(7-9-16)14-18-23-20(28-24-18)26-12-10-25(11-13-26)19(27)22-17-4-2-1-3-5-17/h1-9H,10-14H2,(H,22,27). The molecule has 1 aromatic heterocycles. The Morgan fingerprint density at radius 2 is 1.75 bits per heavy atom. The highest BCUT2D eigenvalue weighted by Gasteiger charge is 2.23. The molecule has 8 heteroatoms. The van der Waals surface area contributed by atoms with Crippen molar-refractivity contribution in [3.8, 4) is 0 Å². The topological polar surface area (TPSA) is 61.4 Å².